The number of sulfonamides is 1. The molecule has 0 aliphatic heterocycles. The summed E-state index contributed by atoms with van der Waals surface area (Å²) in [5, 5.41) is 2.39. The van der Waals surface area contributed by atoms with Crippen LogP contribution in [0.15, 0.2) is 71.6 Å². The predicted molar refractivity (Wildman–Crippen MR) is 119 cm³/mol. The maximum atomic E-state index is 13.5. The summed E-state index contributed by atoms with van der Waals surface area (Å²) in [4.78, 5) is 12.5. The Morgan fingerprint density at radius 1 is 0.909 bits per heavy atom. The molecular weight excluding hydrogens is 454 g/mol. The third-order valence-corrected chi connectivity index (χ3v) is 6.51. The fourth-order valence-corrected chi connectivity index (χ4v) is 4.47. The van der Waals surface area contributed by atoms with Crippen molar-refractivity contribution < 1.29 is 31.5 Å². The average molecular weight is 477 g/mol. The Balaban J connectivity index is 1.91. The van der Waals surface area contributed by atoms with Gasteiger partial charge in [-0.25, -0.2) is 17.2 Å². The van der Waals surface area contributed by atoms with E-state index in [1.54, 1.807) is 30.3 Å². The van der Waals surface area contributed by atoms with Gasteiger partial charge in [0.15, 0.2) is 23.1 Å². The highest BCUT2D eigenvalue weighted by molar-refractivity contribution is 7.89. The second kappa shape index (κ2) is 10.4. The molecule has 0 bridgehead atoms. The van der Waals surface area contributed by atoms with Crippen molar-refractivity contribution in [1.29, 1.82) is 0 Å². The molecule has 0 fully saturated rings. The number of carbonyl (C=O) groups is 1. The molecule has 0 radical (unpaired) electrons. The zero-order valence-electron chi connectivity index (χ0n) is 17.9. The summed E-state index contributed by atoms with van der Waals surface area (Å²) < 4.78 is 64.8. The van der Waals surface area contributed by atoms with Crippen molar-refractivity contribution in [3.63, 3.8) is 0 Å². The van der Waals surface area contributed by atoms with Crippen molar-refractivity contribution in [3.8, 4) is 11.5 Å². The molecule has 0 spiro atoms. The van der Waals surface area contributed by atoms with Crippen LogP contribution in [0.5, 0.6) is 11.5 Å². The summed E-state index contributed by atoms with van der Waals surface area (Å²) in [6.07, 6.45) is 0. The Labute approximate surface area is 190 Å². The molecule has 0 aliphatic carbocycles. The van der Waals surface area contributed by atoms with Crippen LogP contribution in [-0.4, -0.2) is 39.4 Å². The molecule has 1 amide bonds. The monoisotopic (exact) mass is 476 g/mol. The minimum absolute atomic E-state index is 0.00192. The smallest absolute Gasteiger partial charge is 0.243 e. The van der Waals surface area contributed by atoms with Crippen LogP contribution in [0.3, 0.4) is 0 Å². The molecule has 174 valence electrons. The minimum atomic E-state index is -4.16. The summed E-state index contributed by atoms with van der Waals surface area (Å²) >= 11 is 0. The van der Waals surface area contributed by atoms with Crippen molar-refractivity contribution in [3.05, 3.63) is 83.9 Å². The molecule has 10 heteroatoms. The molecule has 0 saturated carbocycles. The molecule has 0 unspecified atom stereocenters. The first kappa shape index (κ1) is 24.1. The van der Waals surface area contributed by atoms with Gasteiger partial charge in [-0.15, -0.1) is 0 Å². The third kappa shape index (κ3) is 5.85. The van der Waals surface area contributed by atoms with Crippen LogP contribution in [-0.2, 0) is 21.4 Å². The molecule has 0 saturated heterocycles. The lowest BCUT2D eigenvalue weighted by Gasteiger charge is -2.22. The molecule has 3 aromatic carbocycles. The van der Waals surface area contributed by atoms with E-state index in [4.69, 9.17) is 9.47 Å². The van der Waals surface area contributed by atoms with Gasteiger partial charge in [-0.1, -0.05) is 30.3 Å². The Morgan fingerprint density at radius 2 is 1.61 bits per heavy atom. The van der Waals surface area contributed by atoms with E-state index in [0.717, 1.165) is 16.4 Å². The summed E-state index contributed by atoms with van der Waals surface area (Å²) in [7, 11) is -1.35. The van der Waals surface area contributed by atoms with Gasteiger partial charge < -0.3 is 14.8 Å². The molecule has 0 heterocycles. The Hall–Kier alpha value is -3.50. The SMILES string of the molecule is COc1ccc(S(=O)(=O)N(CC(=O)Nc2ccc(F)c(F)c2)Cc2ccccc2)cc1OC. The standard InChI is InChI=1S/C23H22F2N2O5S/c1-31-21-11-9-18(13-22(21)32-2)33(29,30)27(14-16-6-4-3-5-7-16)15-23(28)26-17-8-10-19(24)20(25)12-17/h3-13H,14-15H2,1-2H3,(H,26,28). The fourth-order valence-electron chi connectivity index (χ4n) is 3.07. The van der Waals surface area contributed by atoms with E-state index in [9.17, 15) is 22.0 Å². The van der Waals surface area contributed by atoms with E-state index in [-0.39, 0.29) is 22.9 Å². The number of benzene rings is 3. The molecule has 7 nitrogen and oxygen atoms in total. The predicted octanol–water partition coefficient (Wildman–Crippen LogP) is 3.81. The Bertz CT molecular complexity index is 1240. The summed E-state index contributed by atoms with van der Waals surface area (Å²) in [5.74, 6) is -2.35. The number of ether oxygens (including phenoxy) is 2. The van der Waals surface area contributed by atoms with Crippen molar-refractivity contribution in [1.82, 2.24) is 4.31 Å². The van der Waals surface area contributed by atoms with Gasteiger partial charge in [-0.3, -0.25) is 4.79 Å². The second-order valence-electron chi connectivity index (χ2n) is 6.95. The van der Waals surface area contributed by atoms with Crippen molar-refractivity contribution in [2.75, 3.05) is 26.1 Å². The van der Waals surface area contributed by atoms with Gasteiger partial charge in [-0.05, 0) is 29.8 Å². The number of rotatable bonds is 9. The lowest BCUT2D eigenvalue weighted by atomic mass is 10.2. The quantitative estimate of drug-likeness (QED) is 0.508. The van der Waals surface area contributed by atoms with E-state index < -0.39 is 34.1 Å². The van der Waals surface area contributed by atoms with Crippen LogP contribution in [0.25, 0.3) is 0 Å². The van der Waals surface area contributed by atoms with E-state index in [1.807, 2.05) is 0 Å². The van der Waals surface area contributed by atoms with Crippen LogP contribution < -0.4 is 14.8 Å². The normalized spacial score (nSPS) is 11.3. The zero-order valence-corrected chi connectivity index (χ0v) is 18.7. The van der Waals surface area contributed by atoms with Gasteiger partial charge in [0, 0.05) is 24.4 Å². The molecule has 0 aliphatic rings. The van der Waals surface area contributed by atoms with Crippen molar-refractivity contribution in [2.45, 2.75) is 11.4 Å². The van der Waals surface area contributed by atoms with Gasteiger partial charge in [0.2, 0.25) is 15.9 Å². The number of amides is 1. The Morgan fingerprint density at radius 3 is 2.24 bits per heavy atom. The van der Waals surface area contributed by atoms with Gasteiger partial charge in [-0.2, -0.15) is 4.31 Å². The van der Waals surface area contributed by atoms with Crippen LogP contribution in [0.4, 0.5) is 14.5 Å². The molecule has 3 rings (SSSR count). The molecule has 33 heavy (non-hydrogen) atoms. The number of anilines is 1. The molecule has 0 aromatic heterocycles. The van der Waals surface area contributed by atoms with E-state index in [1.165, 1.54) is 38.5 Å². The largest absolute Gasteiger partial charge is 0.493 e. The summed E-state index contributed by atoms with van der Waals surface area (Å²) in [6.45, 7) is -0.659. The number of carbonyl (C=O) groups excluding carboxylic acids is 1. The van der Waals surface area contributed by atoms with E-state index >= 15 is 0 Å². The highest BCUT2D eigenvalue weighted by Gasteiger charge is 2.28. The van der Waals surface area contributed by atoms with Crippen LogP contribution in [0, 0.1) is 11.6 Å². The minimum Gasteiger partial charge on any atom is -0.493 e. The van der Waals surface area contributed by atoms with Crippen molar-refractivity contribution >= 4 is 21.6 Å². The number of hydrogen-bond acceptors (Lipinski definition) is 5. The van der Waals surface area contributed by atoms with E-state index in [0.29, 0.717) is 11.3 Å². The number of nitrogens with zero attached hydrogens (tertiary/aromatic N) is 1. The first-order valence-corrected chi connectivity index (χ1v) is 11.2. The van der Waals surface area contributed by atoms with Gasteiger partial charge >= 0.3 is 0 Å². The van der Waals surface area contributed by atoms with Crippen LogP contribution in [0.1, 0.15) is 5.56 Å². The maximum Gasteiger partial charge on any atom is 0.243 e. The van der Waals surface area contributed by atoms with Gasteiger partial charge in [0.25, 0.3) is 0 Å². The number of halogens is 2. The highest BCUT2D eigenvalue weighted by atomic mass is 32.2. The highest BCUT2D eigenvalue weighted by Crippen LogP contribution is 2.31. The first-order valence-electron chi connectivity index (χ1n) is 9.75. The van der Waals surface area contributed by atoms with Crippen molar-refractivity contribution in [2.24, 2.45) is 0 Å². The lowest BCUT2D eigenvalue weighted by molar-refractivity contribution is -0.116. The fraction of sp³-hybridized carbons (Fsp3) is 0.174. The molecule has 3 aromatic rings. The second-order valence-corrected chi connectivity index (χ2v) is 8.89. The van der Waals surface area contributed by atoms with Gasteiger partial charge in [0.1, 0.15) is 0 Å². The summed E-state index contributed by atoms with van der Waals surface area (Å²) in [6, 6.07) is 15.7. The molecule has 1 N–H and O–H groups in total. The molecular formula is C23H22F2N2O5S. The zero-order chi connectivity index (χ0) is 24.0. The number of nitrogens with one attached hydrogen (secondary N) is 1. The lowest BCUT2D eigenvalue weighted by Crippen LogP contribution is -2.37. The summed E-state index contributed by atoms with van der Waals surface area (Å²) in [5.41, 5.74) is 0.657. The topological polar surface area (TPSA) is 84.9 Å². The molecule has 0 atom stereocenters. The first-order chi connectivity index (χ1) is 15.7. The van der Waals surface area contributed by atoms with E-state index in [2.05, 4.69) is 5.32 Å². The number of methoxy groups -OCH3 is 2. The van der Waals surface area contributed by atoms with Crippen LogP contribution in [0.2, 0.25) is 0 Å². The maximum absolute atomic E-state index is 13.5. The number of hydrogen-bond donors (Lipinski definition) is 1. The third-order valence-electron chi connectivity index (χ3n) is 4.72. The van der Waals surface area contributed by atoms with Gasteiger partial charge in [0.05, 0.1) is 25.7 Å². The van der Waals surface area contributed by atoms with Crippen LogP contribution >= 0.6 is 0 Å². The Kier molecular flexibility index (Phi) is 7.62. The average Bonchev–Trinajstić information content (AvgIpc) is 2.81.